The molecule has 2 aromatic carbocycles. The van der Waals surface area contributed by atoms with Gasteiger partial charge < -0.3 is 97.7 Å². The maximum absolute atomic E-state index is 13.9. The van der Waals surface area contributed by atoms with Crippen LogP contribution in [0.25, 0.3) is 33.3 Å². The van der Waals surface area contributed by atoms with E-state index in [9.17, 15) is 19.2 Å². The number of nitrogens with two attached hydrogens (primary N) is 1. The van der Waals surface area contributed by atoms with Gasteiger partial charge in [0.15, 0.2) is 17.0 Å². The van der Waals surface area contributed by atoms with Crippen LogP contribution in [0.5, 0.6) is 0 Å². The number of likely N-dealkylation sites (N-methyl/N-ethyl adjacent to an activating group) is 2. The highest BCUT2D eigenvalue weighted by Crippen LogP contribution is 2.33. The predicted molar refractivity (Wildman–Crippen MR) is 396 cm³/mol. The number of fused-ring (bicyclic) bond motifs is 2. The minimum absolute atomic E-state index is 0.0138. The van der Waals surface area contributed by atoms with Gasteiger partial charge in [-0.05, 0) is 94.6 Å². The normalized spacial score (nSPS) is 16.5. The van der Waals surface area contributed by atoms with E-state index >= 15 is 0 Å². The highest BCUT2D eigenvalue weighted by atomic mass is 16.6. The van der Waals surface area contributed by atoms with Crippen molar-refractivity contribution in [3.8, 4) is 11.3 Å². The molecule has 1 unspecified atom stereocenters. The first-order valence-corrected chi connectivity index (χ1v) is 36.4. The third-order valence-electron chi connectivity index (χ3n) is 18.2. The summed E-state index contributed by atoms with van der Waals surface area (Å²) < 4.78 is 69.4. The lowest BCUT2D eigenvalue weighted by Crippen LogP contribution is -2.46. The second-order valence-electron chi connectivity index (χ2n) is 26.0. The quantitative estimate of drug-likeness (QED) is 0.0347. The van der Waals surface area contributed by atoms with Gasteiger partial charge in [0.2, 0.25) is 17.8 Å². The van der Waals surface area contributed by atoms with Gasteiger partial charge in [-0.25, -0.2) is 19.6 Å². The molecule has 0 radical (unpaired) electrons. The number of pyridine rings is 1. The van der Waals surface area contributed by atoms with Gasteiger partial charge in [0, 0.05) is 82.8 Å². The van der Waals surface area contributed by atoms with Crippen LogP contribution in [0.1, 0.15) is 70.3 Å². The summed E-state index contributed by atoms with van der Waals surface area (Å²) in [6, 6.07) is 15.1. The van der Waals surface area contributed by atoms with E-state index in [1.807, 2.05) is 63.4 Å². The number of aromatic nitrogens is 7. The maximum atomic E-state index is 13.9. The van der Waals surface area contributed by atoms with E-state index in [2.05, 4.69) is 49.1 Å². The Morgan fingerprint density at radius 1 is 0.657 bits per heavy atom. The number of amides is 4. The van der Waals surface area contributed by atoms with Crippen LogP contribution in [-0.2, 0) is 72.9 Å². The fourth-order valence-electron chi connectivity index (χ4n) is 12.0. The van der Waals surface area contributed by atoms with E-state index < -0.39 is 5.91 Å². The lowest BCUT2D eigenvalue weighted by Gasteiger charge is -2.37. The molecule has 3 aliphatic rings. The number of anilines is 4. The van der Waals surface area contributed by atoms with E-state index in [0.717, 1.165) is 52.8 Å². The third-order valence-corrected chi connectivity index (χ3v) is 18.2. The molecule has 7 heterocycles. The summed E-state index contributed by atoms with van der Waals surface area (Å²) in [5.41, 5.74) is 12.7. The molecule has 31 nitrogen and oxygen atoms in total. The Morgan fingerprint density at radius 2 is 1.25 bits per heavy atom. The molecule has 4 amide bonds. The van der Waals surface area contributed by atoms with E-state index in [0.29, 0.717) is 237 Å². The Morgan fingerprint density at radius 3 is 1.85 bits per heavy atom. The molecule has 3 atom stereocenters. The number of nitrogens with one attached hydrogen (secondary N) is 2. The summed E-state index contributed by atoms with van der Waals surface area (Å²) in [6.07, 6.45) is 6.52. The molecule has 105 heavy (non-hydrogen) atoms. The van der Waals surface area contributed by atoms with Gasteiger partial charge in [-0.15, -0.1) is 0 Å². The molecule has 3 fully saturated rings. The van der Waals surface area contributed by atoms with Crippen LogP contribution in [0, 0.1) is 13.8 Å². The number of nitrogen functional groups attached to an aromatic ring is 1. The molecular weight excluding hydrogens is 1350 g/mol. The first-order chi connectivity index (χ1) is 51.1. The molecule has 0 aliphatic carbocycles. The van der Waals surface area contributed by atoms with Gasteiger partial charge in [-0.3, -0.25) is 19.2 Å². The number of ether oxygens (including phenoxy) is 12. The average molecular weight is 1460 g/mol. The number of rotatable bonds is 45. The summed E-state index contributed by atoms with van der Waals surface area (Å²) in [5, 5.41) is 11.9. The molecule has 0 spiro atoms. The van der Waals surface area contributed by atoms with E-state index in [4.69, 9.17) is 82.6 Å². The van der Waals surface area contributed by atoms with Crippen LogP contribution in [0.4, 0.5) is 23.3 Å². The van der Waals surface area contributed by atoms with Crippen molar-refractivity contribution < 1.29 is 76.0 Å². The number of hydrogen-bond acceptors (Lipinski definition) is 26. The van der Waals surface area contributed by atoms with Crippen molar-refractivity contribution in [3.63, 3.8) is 0 Å². The standard InChI is InChI=1S/C74H107N15O16/c1-53-50-104-27-23-87(53)70-61-16-18-63(79-69(61)81-74(82-70)88-24-28-105-51-54(88)2)58-11-8-12-59(47-58)72(92)76-19-25-94-29-31-96-33-35-98-37-39-100-41-43-102-45-46-103-44-42-101-40-38-99-36-34-97-32-30-95-26-22-85(7)20-10-14-64(90)86-21-9-13-60(49-86)89-71-66(68(75)77-52-78-71)67(83-89)73(93)80-62-17-15-57(55(3)56(62)4)48-65(91)84(5)6/h8,10-12,14-18,47,52-54,60H,9,13,19-46,48-51H2,1-7H3,(H,76,92)(H,80,93)(H2,75,77,78)/b14-10+/t53?,54-,60-/m1/s1. The SMILES string of the molecule is Cc1c(CC(=O)N(C)C)ccc(NC(=O)c2nn([C@@H]3CCCN(C(=O)/C=C/CN(C)CCOCCOCCOCCOCCOCCOCCOCCOCCOCCOCCNC(=O)c4cccc(-c5ccc6c(N7CCOCC7C)nc(N7CCOC[C@H]7C)nc6n5)c4)C3)c3ncnc(N)c23)c1C. The smallest absolute Gasteiger partial charge is 0.277 e. The lowest BCUT2D eigenvalue weighted by atomic mass is 9.98. The van der Waals surface area contributed by atoms with Crippen LogP contribution < -0.4 is 26.2 Å². The Bertz CT molecular complexity index is 3740. The Kier molecular flexibility index (Phi) is 33.6. The van der Waals surface area contributed by atoms with Crippen LogP contribution >= 0.6 is 0 Å². The van der Waals surface area contributed by atoms with E-state index in [1.165, 1.54) is 6.33 Å². The molecule has 0 saturated carbocycles. The lowest BCUT2D eigenvalue weighted by molar-refractivity contribution is -0.128. The van der Waals surface area contributed by atoms with Crippen LogP contribution in [0.3, 0.4) is 0 Å². The zero-order valence-corrected chi connectivity index (χ0v) is 62.1. The minimum atomic E-state index is -0.468. The second kappa shape index (κ2) is 43.6. The van der Waals surface area contributed by atoms with E-state index in [-0.39, 0.29) is 53.8 Å². The number of nitrogens with zero attached hydrogens (tertiary/aromatic N) is 12. The van der Waals surface area contributed by atoms with Gasteiger partial charge in [-0.2, -0.15) is 15.1 Å². The van der Waals surface area contributed by atoms with Gasteiger partial charge >= 0.3 is 0 Å². The summed E-state index contributed by atoms with van der Waals surface area (Å²) >= 11 is 0. The van der Waals surface area contributed by atoms with Gasteiger partial charge in [0.1, 0.15) is 18.0 Å². The highest BCUT2D eigenvalue weighted by Gasteiger charge is 2.32. The monoisotopic (exact) mass is 1460 g/mol. The van der Waals surface area contributed by atoms with Crippen molar-refractivity contribution in [2.75, 3.05) is 246 Å². The van der Waals surface area contributed by atoms with Gasteiger partial charge in [0.05, 0.1) is 200 Å². The molecule has 0 bridgehead atoms. The number of hydrogen-bond donors (Lipinski definition) is 3. The third kappa shape index (κ3) is 25.0. The molecule has 6 aromatic rings. The number of benzene rings is 2. The van der Waals surface area contributed by atoms with Crippen molar-refractivity contribution >= 4 is 69.0 Å². The topological polar surface area (TPSA) is 328 Å². The van der Waals surface area contributed by atoms with Crippen molar-refractivity contribution in [1.82, 2.24) is 54.7 Å². The summed E-state index contributed by atoms with van der Waals surface area (Å²) in [5.74, 6) is 0.814. The first-order valence-electron chi connectivity index (χ1n) is 36.4. The van der Waals surface area contributed by atoms with E-state index in [1.54, 1.807) is 46.8 Å². The first kappa shape index (κ1) is 81.1. The Balaban J connectivity index is 0.507. The zero-order chi connectivity index (χ0) is 74.1. The maximum Gasteiger partial charge on any atom is 0.277 e. The fraction of sp³-hybridized carbons (Fsp3) is 0.595. The van der Waals surface area contributed by atoms with Crippen molar-refractivity contribution in [3.05, 3.63) is 95.0 Å². The molecule has 4 N–H and O–H groups in total. The number of carbonyl (C=O) groups excluding carboxylic acids is 4. The molecular formula is C74H107N15O16. The van der Waals surface area contributed by atoms with Crippen molar-refractivity contribution in [2.45, 2.75) is 65.1 Å². The second-order valence-corrected chi connectivity index (χ2v) is 26.0. The van der Waals surface area contributed by atoms with Gasteiger partial charge in [-0.1, -0.05) is 24.3 Å². The number of morpholine rings is 2. The number of carbonyl (C=O) groups is 4. The molecule has 574 valence electrons. The van der Waals surface area contributed by atoms with Crippen molar-refractivity contribution in [2.24, 2.45) is 0 Å². The Hall–Kier alpha value is -8.02. The van der Waals surface area contributed by atoms with Crippen LogP contribution in [-0.4, -0.2) is 311 Å². The molecule has 4 aromatic heterocycles. The fourth-order valence-corrected chi connectivity index (χ4v) is 12.0. The molecule has 3 saturated heterocycles. The summed E-state index contributed by atoms with van der Waals surface area (Å²) in [7, 11) is 5.41. The predicted octanol–water partition coefficient (Wildman–Crippen LogP) is 4.61. The van der Waals surface area contributed by atoms with Crippen molar-refractivity contribution in [1.29, 1.82) is 0 Å². The summed E-state index contributed by atoms with van der Waals surface area (Å²) in [4.78, 5) is 86.5. The minimum Gasteiger partial charge on any atom is -0.383 e. The van der Waals surface area contributed by atoms with Gasteiger partial charge in [0.25, 0.3) is 11.8 Å². The zero-order valence-electron chi connectivity index (χ0n) is 62.1. The molecule has 9 rings (SSSR count). The largest absolute Gasteiger partial charge is 0.383 e. The highest BCUT2D eigenvalue weighted by molar-refractivity contribution is 6.13. The summed E-state index contributed by atoms with van der Waals surface area (Å²) in [6.45, 7) is 23.3. The molecule has 3 aliphatic heterocycles. The van der Waals surface area contributed by atoms with Crippen LogP contribution in [0.15, 0.2) is 67.0 Å². The van der Waals surface area contributed by atoms with Crippen LogP contribution in [0.2, 0.25) is 0 Å². The average Bonchev–Trinajstić information content (AvgIpc) is 1.65. The Labute approximate surface area is 614 Å². The number of piperidine rings is 1. The number of likely N-dealkylation sites (tertiary alicyclic amines) is 1. The molecule has 31 heteroatoms.